The van der Waals surface area contributed by atoms with Crippen molar-refractivity contribution in [3.8, 4) is 5.75 Å². The van der Waals surface area contributed by atoms with Gasteiger partial charge in [-0.25, -0.2) is 0 Å². The molecule has 0 unspecified atom stereocenters. The van der Waals surface area contributed by atoms with Gasteiger partial charge in [0.05, 0.1) is 6.61 Å². The molecule has 4 heteroatoms. The van der Waals surface area contributed by atoms with E-state index in [4.69, 9.17) is 4.74 Å². The van der Waals surface area contributed by atoms with E-state index in [9.17, 15) is 0 Å². The van der Waals surface area contributed by atoms with E-state index in [1.807, 2.05) is 0 Å². The van der Waals surface area contributed by atoms with E-state index in [1.165, 1.54) is 56.6 Å². The number of hydrogen-bond donors (Lipinski definition) is 1. The summed E-state index contributed by atoms with van der Waals surface area (Å²) in [6.45, 7) is 5.77. The maximum absolute atomic E-state index is 5.57. The van der Waals surface area contributed by atoms with Crippen LogP contribution in [-0.2, 0) is 12.8 Å². The lowest BCUT2D eigenvalue weighted by Gasteiger charge is -2.31. The average molecular weight is 311 g/mol. The number of likely N-dealkylation sites (tertiary alicyclic amines) is 1. The number of piperidine rings is 1. The van der Waals surface area contributed by atoms with Gasteiger partial charge in [-0.2, -0.15) is 0 Å². The predicted molar refractivity (Wildman–Crippen MR) is 89.7 cm³/mol. The minimum absolute atomic E-state index is 0. The van der Waals surface area contributed by atoms with Gasteiger partial charge in [0.25, 0.3) is 0 Å². The van der Waals surface area contributed by atoms with E-state index in [1.54, 1.807) is 0 Å². The number of fused-ring (bicyclic) bond motifs is 1. The Morgan fingerprint density at radius 1 is 1.29 bits per heavy atom. The van der Waals surface area contributed by atoms with Crippen LogP contribution in [0.2, 0.25) is 0 Å². The molecule has 1 fully saturated rings. The Labute approximate surface area is 134 Å². The summed E-state index contributed by atoms with van der Waals surface area (Å²) in [5.41, 5.74) is 2.86. The van der Waals surface area contributed by atoms with Crippen LogP contribution in [0.4, 0.5) is 0 Å². The summed E-state index contributed by atoms with van der Waals surface area (Å²) >= 11 is 0. The molecular weight excluding hydrogens is 284 g/mol. The van der Waals surface area contributed by atoms with Crippen molar-refractivity contribution in [2.45, 2.75) is 25.7 Å². The van der Waals surface area contributed by atoms with Crippen molar-refractivity contribution in [1.29, 1.82) is 0 Å². The molecule has 0 amide bonds. The molecule has 1 N–H and O–H groups in total. The van der Waals surface area contributed by atoms with Crippen molar-refractivity contribution in [2.24, 2.45) is 5.92 Å². The minimum atomic E-state index is 0. The first-order chi connectivity index (χ1) is 9.85. The Hall–Kier alpha value is -0.770. The third-order valence-corrected chi connectivity index (χ3v) is 4.67. The molecule has 0 saturated carbocycles. The van der Waals surface area contributed by atoms with Gasteiger partial charge in [-0.15, -0.1) is 12.4 Å². The summed E-state index contributed by atoms with van der Waals surface area (Å²) in [5.74, 6) is 1.98. The van der Waals surface area contributed by atoms with Crippen LogP contribution >= 0.6 is 12.4 Å². The summed E-state index contributed by atoms with van der Waals surface area (Å²) in [6, 6.07) is 6.73. The monoisotopic (exact) mass is 310 g/mol. The Bertz CT molecular complexity index is 444. The molecule has 1 saturated heterocycles. The molecule has 0 atom stereocenters. The summed E-state index contributed by atoms with van der Waals surface area (Å²) in [4.78, 5) is 2.62. The number of ether oxygens (including phenoxy) is 1. The first-order valence-electron chi connectivity index (χ1n) is 7.96. The van der Waals surface area contributed by atoms with Crippen LogP contribution in [0, 0.1) is 5.92 Å². The number of nitrogens with one attached hydrogen (secondary N) is 1. The molecule has 3 nitrogen and oxygen atoms in total. The highest BCUT2D eigenvalue weighted by molar-refractivity contribution is 5.85. The van der Waals surface area contributed by atoms with Gasteiger partial charge in [-0.3, -0.25) is 0 Å². The van der Waals surface area contributed by atoms with Gasteiger partial charge >= 0.3 is 0 Å². The number of halogens is 1. The van der Waals surface area contributed by atoms with Gasteiger partial charge in [0.1, 0.15) is 5.75 Å². The highest BCUT2D eigenvalue weighted by Gasteiger charge is 2.18. The fraction of sp³-hybridized carbons (Fsp3) is 0.647. The summed E-state index contributed by atoms with van der Waals surface area (Å²) in [5, 5.41) is 3.30. The average Bonchev–Trinajstić information content (AvgIpc) is 2.94. The van der Waals surface area contributed by atoms with E-state index in [-0.39, 0.29) is 12.4 Å². The van der Waals surface area contributed by atoms with E-state index >= 15 is 0 Å². The molecule has 2 heterocycles. The van der Waals surface area contributed by atoms with Crippen LogP contribution in [0.15, 0.2) is 18.2 Å². The van der Waals surface area contributed by atoms with E-state index < -0.39 is 0 Å². The molecule has 3 rings (SSSR count). The molecule has 0 spiro atoms. The molecular formula is C17H27ClN2O. The van der Waals surface area contributed by atoms with Crippen molar-refractivity contribution >= 4 is 12.4 Å². The zero-order chi connectivity index (χ0) is 13.8. The molecule has 118 valence electrons. The van der Waals surface area contributed by atoms with Crippen molar-refractivity contribution < 1.29 is 4.74 Å². The fourth-order valence-corrected chi connectivity index (χ4v) is 3.39. The molecule has 0 aliphatic carbocycles. The zero-order valence-electron chi connectivity index (χ0n) is 12.9. The van der Waals surface area contributed by atoms with Gasteiger partial charge in [-0.05, 0) is 69.1 Å². The highest BCUT2D eigenvalue weighted by atomic mass is 35.5. The SMILES string of the molecule is CNCC1CCN(CCc2ccc3c(c2)CCO3)CC1.Cl. The van der Waals surface area contributed by atoms with Gasteiger partial charge in [0.15, 0.2) is 0 Å². The minimum Gasteiger partial charge on any atom is -0.493 e. The van der Waals surface area contributed by atoms with Crippen LogP contribution in [0.1, 0.15) is 24.0 Å². The fourth-order valence-electron chi connectivity index (χ4n) is 3.39. The summed E-state index contributed by atoms with van der Waals surface area (Å²) in [7, 11) is 2.06. The third-order valence-electron chi connectivity index (χ3n) is 4.67. The Balaban J connectivity index is 0.00000161. The first kappa shape index (κ1) is 16.6. The Morgan fingerprint density at radius 2 is 2.10 bits per heavy atom. The molecule has 0 bridgehead atoms. The molecule has 0 aromatic heterocycles. The lowest BCUT2D eigenvalue weighted by molar-refractivity contribution is 0.185. The van der Waals surface area contributed by atoms with E-state index in [2.05, 4.69) is 35.5 Å². The first-order valence-corrected chi connectivity index (χ1v) is 7.96. The molecule has 1 aromatic carbocycles. The van der Waals surface area contributed by atoms with Crippen LogP contribution in [0.3, 0.4) is 0 Å². The molecule has 21 heavy (non-hydrogen) atoms. The van der Waals surface area contributed by atoms with Crippen molar-refractivity contribution in [1.82, 2.24) is 10.2 Å². The number of hydrogen-bond acceptors (Lipinski definition) is 3. The Morgan fingerprint density at radius 3 is 2.86 bits per heavy atom. The lowest BCUT2D eigenvalue weighted by Crippen LogP contribution is -2.37. The smallest absolute Gasteiger partial charge is 0.122 e. The second-order valence-corrected chi connectivity index (χ2v) is 6.13. The molecule has 0 radical (unpaired) electrons. The van der Waals surface area contributed by atoms with Crippen LogP contribution in [0.5, 0.6) is 5.75 Å². The second-order valence-electron chi connectivity index (χ2n) is 6.13. The van der Waals surface area contributed by atoms with Gasteiger partial charge in [0.2, 0.25) is 0 Å². The lowest BCUT2D eigenvalue weighted by atomic mass is 9.96. The number of nitrogens with zero attached hydrogens (tertiary/aromatic N) is 1. The van der Waals surface area contributed by atoms with Crippen LogP contribution < -0.4 is 10.1 Å². The van der Waals surface area contributed by atoms with Gasteiger partial charge < -0.3 is 15.0 Å². The number of benzene rings is 1. The van der Waals surface area contributed by atoms with E-state index in [0.29, 0.717) is 0 Å². The highest BCUT2D eigenvalue weighted by Crippen LogP contribution is 2.26. The van der Waals surface area contributed by atoms with Crippen molar-refractivity contribution in [2.75, 3.05) is 39.8 Å². The number of rotatable bonds is 5. The van der Waals surface area contributed by atoms with E-state index in [0.717, 1.165) is 24.7 Å². The van der Waals surface area contributed by atoms with Crippen LogP contribution in [-0.4, -0.2) is 44.7 Å². The molecule has 2 aliphatic heterocycles. The Kier molecular flexibility index (Phi) is 6.34. The topological polar surface area (TPSA) is 24.5 Å². The van der Waals surface area contributed by atoms with Crippen molar-refractivity contribution in [3.05, 3.63) is 29.3 Å². The van der Waals surface area contributed by atoms with Crippen molar-refractivity contribution in [3.63, 3.8) is 0 Å². The van der Waals surface area contributed by atoms with Gasteiger partial charge in [-0.1, -0.05) is 12.1 Å². The normalized spacial score (nSPS) is 18.9. The third kappa shape index (κ3) is 4.35. The quantitative estimate of drug-likeness (QED) is 0.904. The van der Waals surface area contributed by atoms with Gasteiger partial charge in [0, 0.05) is 13.0 Å². The maximum Gasteiger partial charge on any atom is 0.122 e. The standard InChI is InChI=1S/C17H26N2O.ClH/c1-18-13-15-5-9-19(10-6-15)8-4-14-2-3-17-16(12-14)7-11-20-17;/h2-3,12,15,18H,4-11,13H2,1H3;1H. The summed E-state index contributed by atoms with van der Waals surface area (Å²) < 4.78 is 5.57. The largest absolute Gasteiger partial charge is 0.493 e. The molecule has 2 aliphatic rings. The summed E-state index contributed by atoms with van der Waals surface area (Å²) in [6.07, 6.45) is 4.94. The second kappa shape index (κ2) is 8.02. The zero-order valence-corrected chi connectivity index (χ0v) is 13.8. The molecule has 1 aromatic rings. The van der Waals surface area contributed by atoms with Crippen LogP contribution in [0.25, 0.3) is 0 Å². The maximum atomic E-state index is 5.57. The predicted octanol–water partition coefficient (Wildman–Crippen LogP) is 2.52.